The molecule has 0 amide bonds. The highest BCUT2D eigenvalue weighted by Gasteiger charge is 1.94. The van der Waals surface area contributed by atoms with Crippen LogP contribution in [-0.2, 0) is 0 Å². The molecule has 11 heavy (non-hydrogen) atoms. The van der Waals surface area contributed by atoms with Gasteiger partial charge in [-0.3, -0.25) is 4.99 Å². The monoisotopic (exact) mass is 168 g/mol. The SMILES string of the molecule is CN=C(N)c1ccc(Cl)cc1. The smallest absolute Gasteiger partial charge is 0.125 e. The number of rotatable bonds is 1. The molecule has 0 saturated carbocycles. The number of nitrogens with zero attached hydrogens (tertiary/aromatic N) is 1. The number of hydrogen-bond donors (Lipinski definition) is 1. The van der Waals surface area contributed by atoms with Crippen LogP contribution in [0.25, 0.3) is 0 Å². The maximum atomic E-state index is 5.68. The van der Waals surface area contributed by atoms with E-state index in [0.29, 0.717) is 10.9 Å². The average molecular weight is 169 g/mol. The van der Waals surface area contributed by atoms with Gasteiger partial charge in [-0.05, 0) is 24.3 Å². The Hall–Kier alpha value is -1.02. The fourth-order valence-corrected chi connectivity index (χ4v) is 0.876. The van der Waals surface area contributed by atoms with Gasteiger partial charge in [0.05, 0.1) is 0 Å². The van der Waals surface area contributed by atoms with Crippen LogP contribution in [0.4, 0.5) is 0 Å². The van der Waals surface area contributed by atoms with Crippen molar-refractivity contribution >= 4 is 17.4 Å². The Bertz CT molecular complexity index is 264. The number of amidine groups is 1. The number of halogens is 1. The first-order valence-electron chi connectivity index (χ1n) is 3.22. The number of aliphatic imine (C=N–C) groups is 1. The van der Waals surface area contributed by atoms with Gasteiger partial charge in [-0.2, -0.15) is 0 Å². The number of benzene rings is 1. The van der Waals surface area contributed by atoms with Gasteiger partial charge in [-0.15, -0.1) is 0 Å². The van der Waals surface area contributed by atoms with E-state index in [0.717, 1.165) is 5.56 Å². The first kappa shape index (κ1) is 8.08. The number of nitrogens with two attached hydrogens (primary N) is 1. The lowest BCUT2D eigenvalue weighted by Crippen LogP contribution is -2.12. The summed E-state index contributed by atoms with van der Waals surface area (Å²) in [6.07, 6.45) is 0. The first-order valence-corrected chi connectivity index (χ1v) is 3.60. The van der Waals surface area contributed by atoms with Gasteiger partial charge in [-0.25, -0.2) is 0 Å². The molecule has 0 aliphatic rings. The van der Waals surface area contributed by atoms with E-state index in [1.54, 1.807) is 19.2 Å². The van der Waals surface area contributed by atoms with E-state index in [1.165, 1.54) is 0 Å². The van der Waals surface area contributed by atoms with Gasteiger partial charge in [0, 0.05) is 17.6 Å². The van der Waals surface area contributed by atoms with Crippen molar-refractivity contribution in [1.82, 2.24) is 0 Å². The standard InChI is InChI=1S/C8H9ClN2/c1-11-8(10)6-2-4-7(9)5-3-6/h2-5H,1H3,(H2,10,11). The van der Waals surface area contributed by atoms with Gasteiger partial charge in [0.2, 0.25) is 0 Å². The second kappa shape index (κ2) is 3.39. The van der Waals surface area contributed by atoms with Crippen LogP contribution < -0.4 is 5.73 Å². The molecule has 0 aliphatic heterocycles. The third-order valence-electron chi connectivity index (χ3n) is 1.38. The topological polar surface area (TPSA) is 38.4 Å². The summed E-state index contributed by atoms with van der Waals surface area (Å²) in [7, 11) is 1.66. The molecule has 0 bridgehead atoms. The maximum Gasteiger partial charge on any atom is 0.125 e. The van der Waals surface area contributed by atoms with E-state index in [9.17, 15) is 0 Å². The summed E-state index contributed by atoms with van der Waals surface area (Å²) in [5.41, 5.74) is 6.45. The molecular formula is C8H9ClN2. The molecule has 0 saturated heterocycles. The molecular weight excluding hydrogens is 160 g/mol. The molecule has 2 N–H and O–H groups in total. The van der Waals surface area contributed by atoms with Gasteiger partial charge in [0.25, 0.3) is 0 Å². The molecule has 0 unspecified atom stereocenters. The van der Waals surface area contributed by atoms with Gasteiger partial charge < -0.3 is 5.73 Å². The highest BCUT2D eigenvalue weighted by molar-refractivity contribution is 6.30. The van der Waals surface area contributed by atoms with E-state index < -0.39 is 0 Å². The molecule has 1 aromatic carbocycles. The summed E-state index contributed by atoms with van der Waals surface area (Å²) >= 11 is 5.68. The molecule has 0 spiro atoms. The Morgan fingerprint density at radius 3 is 2.36 bits per heavy atom. The fourth-order valence-electron chi connectivity index (χ4n) is 0.750. The molecule has 0 atom stereocenters. The van der Waals surface area contributed by atoms with Crippen LogP contribution in [-0.4, -0.2) is 12.9 Å². The Morgan fingerprint density at radius 2 is 1.91 bits per heavy atom. The molecule has 0 heterocycles. The third-order valence-corrected chi connectivity index (χ3v) is 1.63. The van der Waals surface area contributed by atoms with Crippen molar-refractivity contribution in [2.75, 3.05) is 7.05 Å². The summed E-state index contributed by atoms with van der Waals surface area (Å²) < 4.78 is 0. The van der Waals surface area contributed by atoms with Crippen LogP contribution in [0.15, 0.2) is 29.3 Å². The van der Waals surface area contributed by atoms with Crippen molar-refractivity contribution in [1.29, 1.82) is 0 Å². The highest BCUT2D eigenvalue weighted by atomic mass is 35.5. The first-order chi connectivity index (χ1) is 5.24. The lowest BCUT2D eigenvalue weighted by Gasteiger charge is -1.97. The Balaban J connectivity index is 2.99. The van der Waals surface area contributed by atoms with E-state index in [2.05, 4.69) is 4.99 Å². The third kappa shape index (κ3) is 1.95. The summed E-state index contributed by atoms with van der Waals surface area (Å²) in [5.74, 6) is 0.529. The normalized spacial score (nSPS) is 11.6. The van der Waals surface area contributed by atoms with Crippen LogP contribution in [0, 0.1) is 0 Å². The zero-order chi connectivity index (χ0) is 8.27. The van der Waals surface area contributed by atoms with Crippen LogP contribution in [0.1, 0.15) is 5.56 Å². The summed E-state index contributed by atoms with van der Waals surface area (Å²) in [6, 6.07) is 7.25. The van der Waals surface area contributed by atoms with Crippen molar-refractivity contribution in [3.05, 3.63) is 34.9 Å². The summed E-state index contributed by atoms with van der Waals surface area (Å²) in [4.78, 5) is 3.84. The molecule has 0 fully saturated rings. The van der Waals surface area contributed by atoms with Crippen molar-refractivity contribution in [3.8, 4) is 0 Å². The molecule has 0 aromatic heterocycles. The molecule has 3 heteroatoms. The molecule has 1 rings (SSSR count). The largest absolute Gasteiger partial charge is 0.384 e. The minimum absolute atomic E-state index is 0.529. The van der Waals surface area contributed by atoms with Gasteiger partial charge in [0.15, 0.2) is 0 Å². The minimum Gasteiger partial charge on any atom is -0.384 e. The van der Waals surface area contributed by atoms with Crippen LogP contribution >= 0.6 is 11.6 Å². The van der Waals surface area contributed by atoms with E-state index in [4.69, 9.17) is 17.3 Å². The lowest BCUT2D eigenvalue weighted by molar-refractivity contribution is 1.39. The second-order valence-corrected chi connectivity index (χ2v) is 2.55. The van der Waals surface area contributed by atoms with Crippen molar-refractivity contribution in [2.45, 2.75) is 0 Å². The molecule has 0 aliphatic carbocycles. The second-order valence-electron chi connectivity index (χ2n) is 2.12. The Labute approximate surface area is 70.7 Å². The summed E-state index contributed by atoms with van der Waals surface area (Å²) in [5, 5.41) is 0.706. The minimum atomic E-state index is 0.529. The van der Waals surface area contributed by atoms with Crippen LogP contribution in [0.5, 0.6) is 0 Å². The highest BCUT2D eigenvalue weighted by Crippen LogP contribution is 2.08. The molecule has 0 radical (unpaired) electrons. The van der Waals surface area contributed by atoms with Crippen molar-refractivity contribution in [2.24, 2.45) is 10.7 Å². The number of hydrogen-bond acceptors (Lipinski definition) is 1. The van der Waals surface area contributed by atoms with E-state index >= 15 is 0 Å². The average Bonchev–Trinajstić information content (AvgIpc) is 2.05. The zero-order valence-corrected chi connectivity index (χ0v) is 6.97. The Morgan fingerprint density at radius 1 is 1.36 bits per heavy atom. The van der Waals surface area contributed by atoms with Crippen LogP contribution in [0.3, 0.4) is 0 Å². The quantitative estimate of drug-likeness (QED) is 0.503. The van der Waals surface area contributed by atoms with Crippen LogP contribution in [0.2, 0.25) is 5.02 Å². The fraction of sp³-hybridized carbons (Fsp3) is 0.125. The van der Waals surface area contributed by atoms with Crippen molar-refractivity contribution in [3.63, 3.8) is 0 Å². The van der Waals surface area contributed by atoms with E-state index in [1.807, 2.05) is 12.1 Å². The van der Waals surface area contributed by atoms with Gasteiger partial charge in [0.1, 0.15) is 5.84 Å². The van der Waals surface area contributed by atoms with E-state index in [-0.39, 0.29) is 0 Å². The zero-order valence-electron chi connectivity index (χ0n) is 6.21. The molecule has 2 nitrogen and oxygen atoms in total. The molecule has 58 valence electrons. The van der Waals surface area contributed by atoms with Gasteiger partial charge in [-0.1, -0.05) is 11.6 Å². The lowest BCUT2D eigenvalue weighted by atomic mass is 10.2. The Kier molecular flexibility index (Phi) is 2.49. The van der Waals surface area contributed by atoms with Gasteiger partial charge >= 0.3 is 0 Å². The predicted molar refractivity (Wildman–Crippen MR) is 48.1 cm³/mol. The van der Waals surface area contributed by atoms with Crippen molar-refractivity contribution < 1.29 is 0 Å². The summed E-state index contributed by atoms with van der Waals surface area (Å²) in [6.45, 7) is 0. The molecule has 1 aromatic rings. The predicted octanol–water partition coefficient (Wildman–Crippen LogP) is 1.68. The maximum absolute atomic E-state index is 5.68.